The second-order valence-corrected chi connectivity index (χ2v) is 6.10. The minimum atomic E-state index is -1.03. The minimum absolute atomic E-state index is 0.146. The molecule has 0 N–H and O–H groups in total. The Hall–Kier alpha value is -1.45. The van der Waals surface area contributed by atoms with Crippen LogP contribution in [0.1, 0.15) is 48.9 Å². The van der Waals surface area contributed by atoms with Crippen molar-refractivity contribution in [1.29, 1.82) is 0 Å². The number of likely N-dealkylation sites (tertiary alicyclic amines) is 1. The van der Waals surface area contributed by atoms with Crippen molar-refractivity contribution in [3.8, 4) is 0 Å². The Morgan fingerprint density at radius 3 is 2.35 bits per heavy atom. The van der Waals surface area contributed by atoms with E-state index in [0.29, 0.717) is 18.5 Å². The Bertz CT molecular complexity index is 513. The molecule has 1 saturated heterocycles. The molecular formula is C16H19F2NO. The zero-order valence-corrected chi connectivity index (χ0v) is 11.5. The van der Waals surface area contributed by atoms with E-state index in [-0.39, 0.29) is 11.5 Å². The van der Waals surface area contributed by atoms with Crippen molar-refractivity contribution in [2.45, 2.75) is 38.5 Å². The second kappa shape index (κ2) is 5.15. The van der Waals surface area contributed by atoms with Gasteiger partial charge in [-0.15, -0.1) is 0 Å². The van der Waals surface area contributed by atoms with E-state index in [2.05, 4.69) is 0 Å². The molecule has 1 saturated carbocycles. The third-order valence-electron chi connectivity index (χ3n) is 4.96. The summed E-state index contributed by atoms with van der Waals surface area (Å²) < 4.78 is 26.9. The average molecular weight is 279 g/mol. The molecule has 2 aliphatic rings. The molecule has 3 rings (SSSR count). The Balaban J connectivity index is 1.71. The number of carbonyl (C=O) groups is 1. The van der Waals surface area contributed by atoms with Crippen molar-refractivity contribution in [1.82, 2.24) is 4.90 Å². The molecule has 1 spiro atoms. The van der Waals surface area contributed by atoms with E-state index < -0.39 is 11.6 Å². The fourth-order valence-corrected chi connectivity index (χ4v) is 3.65. The molecule has 1 aromatic rings. The van der Waals surface area contributed by atoms with Gasteiger partial charge >= 0.3 is 0 Å². The Morgan fingerprint density at radius 1 is 1.05 bits per heavy atom. The molecule has 0 bridgehead atoms. The van der Waals surface area contributed by atoms with Gasteiger partial charge in [0.25, 0.3) is 5.91 Å². The summed E-state index contributed by atoms with van der Waals surface area (Å²) in [4.78, 5) is 14.0. The maximum atomic E-state index is 13.7. The molecule has 2 fully saturated rings. The predicted molar refractivity (Wildman–Crippen MR) is 72.4 cm³/mol. The molecule has 0 unspecified atom stereocenters. The molecule has 108 valence electrons. The summed E-state index contributed by atoms with van der Waals surface area (Å²) in [5.74, 6) is -2.37. The van der Waals surface area contributed by atoms with Crippen LogP contribution >= 0.6 is 0 Å². The summed E-state index contributed by atoms with van der Waals surface area (Å²) >= 11 is 0. The lowest BCUT2D eigenvalue weighted by Crippen LogP contribution is -2.42. The highest BCUT2D eigenvalue weighted by atomic mass is 19.2. The van der Waals surface area contributed by atoms with E-state index in [4.69, 9.17) is 0 Å². The molecule has 1 aliphatic heterocycles. The smallest absolute Gasteiger partial charge is 0.256 e. The molecule has 1 heterocycles. The average Bonchev–Trinajstić information content (AvgIpc) is 2.90. The van der Waals surface area contributed by atoms with E-state index >= 15 is 0 Å². The van der Waals surface area contributed by atoms with Gasteiger partial charge in [-0.25, -0.2) is 8.78 Å². The van der Waals surface area contributed by atoms with Crippen molar-refractivity contribution < 1.29 is 13.6 Å². The summed E-state index contributed by atoms with van der Waals surface area (Å²) in [6.45, 7) is 1.32. The van der Waals surface area contributed by atoms with Crippen LogP contribution in [0.2, 0.25) is 0 Å². The fourth-order valence-electron chi connectivity index (χ4n) is 3.65. The number of rotatable bonds is 1. The standard InChI is InChI=1S/C16H19F2NO/c17-13-5-3-4-12(14(13)18)15(20)19-10-8-16(9-11-19)6-1-2-7-16/h3-5H,1-2,6-11H2. The Kier molecular flexibility index (Phi) is 3.48. The number of hydrogen-bond acceptors (Lipinski definition) is 1. The van der Waals surface area contributed by atoms with Crippen molar-refractivity contribution in [3.63, 3.8) is 0 Å². The first kappa shape index (κ1) is 13.5. The lowest BCUT2D eigenvalue weighted by molar-refractivity contribution is 0.0582. The third kappa shape index (κ3) is 2.32. The largest absolute Gasteiger partial charge is 0.339 e. The van der Waals surface area contributed by atoms with Gasteiger partial charge in [-0.05, 0) is 43.2 Å². The van der Waals surface area contributed by atoms with Gasteiger partial charge in [-0.2, -0.15) is 0 Å². The number of benzene rings is 1. The molecule has 2 nitrogen and oxygen atoms in total. The van der Waals surface area contributed by atoms with Gasteiger partial charge in [0.2, 0.25) is 0 Å². The summed E-state index contributed by atoms with van der Waals surface area (Å²) in [6.07, 6.45) is 7.07. The molecular weight excluding hydrogens is 260 g/mol. The number of halogens is 2. The van der Waals surface area contributed by atoms with Crippen molar-refractivity contribution in [3.05, 3.63) is 35.4 Å². The van der Waals surface area contributed by atoms with Crippen LogP contribution in [0, 0.1) is 17.0 Å². The van der Waals surface area contributed by atoms with Gasteiger partial charge in [0.1, 0.15) is 0 Å². The van der Waals surface area contributed by atoms with E-state index in [9.17, 15) is 13.6 Å². The minimum Gasteiger partial charge on any atom is -0.339 e. The maximum Gasteiger partial charge on any atom is 0.256 e. The molecule has 0 atom stereocenters. The van der Waals surface area contributed by atoms with Crippen LogP contribution in [0.3, 0.4) is 0 Å². The summed E-state index contributed by atoms with van der Waals surface area (Å²) in [6, 6.07) is 3.78. The second-order valence-electron chi connectivity index (χ2n) is 6.10. The van der Waals surface area contributed by atoms with E-state index in [0.717, 1.165) is 18.9 Å². The molecule has 0 radical (unpaired) electrons. The van der Waals surface area contributed by atoms with Crippen LogP contribution in [0.15, 0.2) is 18.2 Å². The lowest BCUT2D eigenvalue weighted by Gasteiger charge is -2.39. The molecule has 0 aromatic heterocycles. The van der Waals surface area contributed by atoms with E-state index in [1.807, 2.05) is 0 Å². The Labute approximate surface area is 117 Å². The first-order valence-electron chi connectivity index (χ1n) is 7.35. The monoisotopic (exact) mass is 279 g/mol. The van der Waals surface area contributed by atoms with Crippen molar-refractivity contribution >= 4 is 5.91 Å². The van der Waals surface area contributed by atoms with E-state index in [1.54, 1.807) is 4.90 Å². The molecule has 1 aliphatic carbocycles. The quantitative estimate of drug-likeness (QED) is 0.766. The number of nitrogens with zero attached hydrogens (tertiary/aromatic N) is 1. The fraction of sp³-hybridized carbons (Fsp3) is 0.562. The molecule has 4 heteroatoms. The highest BCUT2D eigenvalue weighted by Crippen LogP contribution is 2.46. The van der Waals surface area contributed by atoms with Gasteiger partial charge in [0.15, 0.2) is 11.6 Å². The molecule has 1 amide bonds. The zero-order chi connectivity index (χ0) is 14.2. The number of amides is 1. The van der Waals surface area contributed by atoms with Crippen molar-refractivity contribution in [2.75, 3.05) is 13.1 Å². The number of carbonyl (C=O) groups excluding carboxylic acids is 1. The highest BCUT2D eigenvalue weighted by Gasteiger charge is 2.38. The summed E-state index contributed by atoms with van der Waals surface area (Å²) in [7, 11) is 0. The lowest BCUT2D eigenvalue weighted by atomic mass is 9.77. The van der Waals surface area contributed by atoms with E-state index in [1.165, 1.54) is 37.8 Å². The number of piperidine rings is 1. The number of hydrogen-bond donors (Lipinski definition) is 0. The normalized spacial score (nSPS) is 21.4. The van der Waals surface area contributed by atoms with Gasteiger partial charge in [0, 0.05) is 13.1 Å². The zero-order valence-electron chi connectivity index (χ0n) is 11.5. The van der Waals surface area contributed by atoms with Crippen LogP contribution in [-0.2, 0) is 0 Å². The SMILES string of the molecule is O=C(c1cccc(F)c1F)N1CCC2(CCCC2)CC1. The van der Waals surface area contributed by atoms with Crippen LogP contribution in [0.5, 0.6) is 0 Å². The predicted octanol–water partition coefficient (Wildman–Crippen LogP) is 3.76. The molecule has 20 heavy (non-hydrogen) atoms. The van der Waals surface area contributed by atoms with Crippen LogP contribution in [-0.4, -0.2) is 23.9 Å². The maximum absolute atomic E-state index is 13.7. The van der Waals surface area contributed by atoms with Gasteiger partial charge in [0.05, 0.1) is 5.56 Å². The first-order valence-corrected chi connectivity index (χ1v) is 7.35. The first-order chi connectivity index (χ1) is 9.61. The van der Waals surface area contributed by atoms with Gasteiger partial charge in [-0.1, -0.05) is 18.9 Å². The summed E-state index contributed by atoms with van der Waals surface area (Å²) in [5, 5.41) is 0. The van der Waals surface area contributed by atoms with Crippen LogP contribution < -0.4 is 0 Å². The topological polar surface area (TPSA) is 20.3 Å². The van der Waals surface area contributed by atoms with Crippen molar-refractivity contribution in [2.24, 2.45) is 5.41 Å². The Morgan fingerprint density at radius 2 is 1.70 bits per heavy atom. The van der Waals surface area contributed by atoms with Gasteiger partial charge < -0.3 is 4.90 Å². The van der Waals surface area contributed by atoms with Crippen LogP contribution in [0.25, 0.3) is 0 Å². The molecule has 1 aromatic carbocycles. The highest BCUT2D eigenvalue weighted by molar-refractivity contribution is 5.94. The third-order valence-corrected chi connectivity index (χ3v) is 4.96. The van der Waals surface area contributed by atoms with Crippen LogP contribution in [0.4, 0.5) is 8.78 Å². The van der Waals surface area contributed by atoms with Gasteiger partial charge in [-0.3, -0.25) is 4.79 Å². The summed E-state index contributed by atoms with van der Waals surface area (Å²) in [5.41, 5.74) is 0.268.